The van der Waals surface area contributed by atoms with Gasteiger partial charge >= 0.3 is 0 Å². The Balaban J connectivity index is 2.71. The Hall–Kier alpha value is -1.52. The topological polar surface area (TPSA) is 57.4 Å². The lowest BCUT2D eigenvalue weighted by Crippen LogP contribution is -2.08. The van der Waals surface area contributed by atoms with Gasteiger partial charge in [0.25, 0.3) is 0 Å². The van der Waals surface area contributed by atoms with Gasteiger partial charge in [0.2, 0.25) is 5.88 Å². The summed E-state index contributed by atoms with van der Waals surface area (Å²) in [5.41, 5.74) is 7.51. The average molecular weight is 267 g/mol. The minimum atomic E-state index is -0.155. The van der Waals surface area contributed by atoms with Crippen LogP contribution in [0.2, 0.25) is 5.02 Å². The van der Waals surface area contributed by atoms with Crippen molar-refractivity contribution in [1.82, 2.24) is 4.98 Å². The Morgan fingerprint density at radius 3 is 2.50 bits per heavy atom. The van der Waals surface area contributed by atoms with E-state index in [1.165, 1.54) is 0 Å². The van der Waals surface area contributed by atoms with Gasteiger partial charge in [-0.15, -0.1) is 0 Å². The van der Waals surface area contributed by atoms with Crippen molar-refractivity contribution < 1.29 is 9.47 Å². The van der Waals surface area contributed by atoms with E-state index in [2.05, 4.69) is 4.98 Å². The number of pyridine rings is 1. The molecule has 0 aliphatic heterocycles. The molecule has 0 saturated heterocycles. The molecule has 0 radical (unpaired) electrons. The van der Waals surface area contributed by atoms with E-state index in [4.69, 9.17) is 26.8 Å². The van der Waals surface area contributed by atoms with Crippen molar-refractivity contribution in [2.24, 2.45) is 5.73 Å². The number of aromatic nitrogens is 1. The summed E-state index contributed by atoms with van der Waals surface area (Å²) in [6.07, 6.45) is 0. The SMILES string of the molecule is COc1cc2nc(OC)c([C@@H](C)N)cc2cc1Cl. The van der Waals surface area contributed by atoms with E-state index in [-0.39, 0.29) is 6.04 Å². The zero-order valence-electron chi connectivity index (χ0n) is 10.5. The molecule has 0 fully saturated rings. The van der Waals surface area contributed by atoms with Crippen LogP contribution in [0.1, 0.15) is 18.5 Å². The van der Waals surface area contributed by atoms with Crippen LogP contribution < -0.4 is 15.2 Å². The Morgan fingerprint density at radius 2 is 1.94 bits per heavy atom. The van der Waals surface area contributed by atoms with Crippen LogP contribution in [0.5, 0.6) is 11.6 Å². The minimum Gasteiger partial charge on any atom is -0.495 e. The smallest absolute Gasteiger partial charge is 0.218 e. The second-order valence-electron chi connectivity index (χ2n) is 4.06. The first-order chi connectivity index (χ1) is 8.56. The Kier molecular flexibility index (Phi) is 3.59. The quantitative estimate of drug-likeness (QED) is 0.928. The number of fused-ring (bicyclic) bond motifs is 1. The summed E-state index contributed by atoms with van der Waals surface area (Å²) in [6, 6.07) is 5.38. The van der Waals surface area contributed by atoms with Crippen LogP contribution in [-0.2, 0) is 0 Å². The lowest BCUT2D eigenvalue weighted by atomic mass is 10.1. The summed E-state index contributed by atoms with van der Waals surface area (Å²) in [5.74, 6) is 1.12. The van der Waals surface area contributed by atoms with Gasteiger partial charge < -0.3 is 15.2 Å². The molecule has 5 heteroatoms. The van der Waals surface area contributed by atoms with Crippen LogP contribution in [0, 0.1) is 0 Å². The van der Waals surface area contributed by atoms with Gasteiger partial charge in [0, 0.05) is 23.1 Å². The fraction of sp³-hybridized carbons (Fsp3) is 0.308. The number of methoxy groups -OCH3 is 2. The third-order valence-electron chi connectivity index (χ3n) is 2.76. The van der Waals surface area contributed by atoms with Crippen LogP contribution in [0.3, 0.4) is 0 Å². The zero-order valence-corrected chi connectivity index (χ0v) is 11.3. The number of hydrogen-bond donors (Lipinski definition) is 1. The molecule has 18 heavy (non-hydrogen) atoms. The van der Waals surface area contributed by atoms with E-state index in [0.29, 0.717) is 16.7 Å². The number of rotatable bonds is 3. The van der Waals surface area contributed by atoms with Crippen LogP contribution in [0.25, 0.3) is 10.9 Å². The number of nitrogens with zero attached hydrogens (tertiary/aromatic N) is 1. The zero-order chi connectivity index (χ0) is 13.3. The van der Waals surface area contributed by atoms with Gasteiger partial charge in [-0.1, -0.05) is 11.6 Å². The highest BCUT2D eigenvalue weighted by Crippen LogP contribution is 2.32. The molecule has 2 rings (SSSR count). The highest BCUT2D eigenvalue weighted by molar-refractivity contribution is 6.32. The normalized spacial score (nSPS) is 12.5. The van der Waals surface area contributed by atoms with Gasteiger partial charge in [0.1, 0.15) is 5.75 Å². The largest absolute Gasteiger partial charge is 0.495 e. The lowest BCUT2D eigenvalue weighted by Gasteiger charge is -2.13. The number of nitrogens with two attached hydrogens (primary N) is 1. The fourth-order valence-corrected chi connectivity index (χ4v) is 2.07. The molecule has 0 aliphatic rings. The second kappa shape index (κ2) is 5.00. The molecular formula is C13H15ClN2O2. The molecular weight excluding hydrogens is 252 g/mol. The Labute approximate surface area is 111 Å². The summed E-state index contributed by atoms with van der Waals surface area (Å²) in [7, 11) is 3.15. The number of ether oxygens (including phenoxy) is 2. The summed E-state index contributed by atoms with van der Waals surface area (Å²) >= 11 is 6.09. The van der Waals surface area contributed by atoms with Crippen molar-refractivity contribution in [3.05, 3.63) is 28.8 Å². The molecule has 0 bridgehead atoms. The molecule has 0 spiro atoms. The van der Waals surface area contributed by atoms with E-state index in [9.17, 15) is 0 Å². The maximum atomic E-state index is 6.09. The van der Waals surface area contributed by atoms with Crippen LogP contribution in [0.15, 0.2) is 18.2 Å². The van der Waals surface area contributed by atoms with Crippen LogP contribution in [0.4, 0.5) is 0 Å². The van der Waals surface area contributed by atoms with Crippen molar-refractivity contribution in [3.8, 4) is 11.6 Å². The third kappa shape index (κ3) is 2.21. The van der Waals surface area contributed by atoms with Gasteiger partial charge in [-0.05, 0) is 19.1 Å². The molecule has 1 heterocycles. The van der Waals surface area contributed by atoms with Gasteiger partial charge in [-0.25, -0.2) is 4.98 Å². The van der Waals surface area contributed by atoms with Crippen LogP contribution in [-0.4, -0.2) is 19.2 Å². The van der Waals surface area contributed by atoms with E-state index in [1.807, 2.05) is 19.1 Å². The highest BCUT2D eigenvalue weighted by Gasteiger charge is 2.13. The van der Waals surface area contributed by atoms with Crippen molar-refractivity contribution in [3.63, 3.8) is 0 Å². The molecule has 1 aromatic carbocycles. The lowest BCUT2D eigenvalue weighted by molar-refractivity contribution is 0.391. The Morgan fingerprint density at radius 1 is 1.22 bits per heavy atom. The van der Waals surface area contributed by atoms with Gasteiger partial charge in [0.05, 0.1) is 24.8 Å². The van der Waals surface area contributed by atoms with Gasteiger partial charge in [-0.3, -0.25) is 0 Å². The first-order valence-electron chi connectivity index (χ1n) is 5.54. The third-order valence-corrected chi connectivity index (χ3v) is 3.06. The summed E-state index contributed by atoms with van der Waals surface area (Å²) in [5, 5.41) is 1.46. The molecule has 96 valence electrons. The van der Waals surface area contributed by atoms with Gasteiger partial charge in [-0.2, -0.15) is 0 Å². The monoisotopic (exact) mass is 266 g/mol. The van der Waals surface area contributed by atoms with E-state index >= 15 is 0 Å². The predicted octanol–water partition coefficient (Wildman–Crippen LogP) is 2.93. The van der Waals surface area contributed by atoms with Crippen molar-refractivity contribution in [2.75, 3.05) is 14.2 Å². The molecule has 2 aromatic rings. The molecule has 0 saturated carbocycles. The molecule has 0 unspecified atom stereocenters. The average Bonchev–Trinajstić information content (AvgIpc) is 2.36. The van der Waals surface area contributed by atoms with Crippen molar-refractivity contribution in [2.45, 2.75) is 13.0 Å². The summed E-state index contributed by atoms with van der Waals surface area (Å²) < 4.78 is 10.4. The standard InChI is InChI=1S/C13H15ClN2O2/c1-7(15)9-4-8-5-10(14)12(17-2)6-11(8)16-13(9)18-3/h4-7H,15H2,1-3H3/t7-/m1/s1. The maximum Gasteiger partial charge on any atom is 0.218 e. The summed E-state index contributed by atoms with van der Waals surface area (Å²) in [4.78, 5) is 4.42. The first kappa shape index (κ1) is 12.9. The fourth-order valence-electron chi connectivity index (χ4n) is 1.82. The molecule has 0 amide bonds. The first-order valence-corrected chi connectivity index (χ1v) is 5.92. The maximum absolute atomic E-state index is 6.09. The Bertz CT molecular complexity index is 585. The predicted molar refractivity (Wildman–Crippen MR) is 72.5 cm³/mol. The van der Waals surface area contributed by atoms with Gasteiger partial charge in [0.15, 0.2) is 0 Å². The summed E-state index contributed by atoms with van der Waals surface area (Å²) in [6.45, 7) is 1.89. The van der Waals surface area contributed by atoms with E-state index in [0.717, 1.165) is 16.5 Å². The van der Waals surface area contributed by atoms with Crippen molar-refractivity contribution in [1.29, 1.82) is 0 Å². The van der Waals surface area contributed by atoms with Crippen molar-refractivity contribution >= 4 is 22.5 Å². The number of hydrogen-bond acceptors (Lipinski definition) is 4. The second-order valence-corrected chi connectivity index (χ2v) is 4.46. The molecule has 1 aromatic heterocycles. The minimum absolute atomic E-state index is 0.155. The van der Waals surface area contributed by atoms with E-state index in [1.54, 1.807) is 20.3 Å². The van der Waals surface area contributed by atoms with Crippen LogP contribution >= 0.6 is 11.6 Å². The molecule has 4 nitrogen and oxygen atoms in total. The number of benzene rings is 1. The van der Waals surface area contributed by atoms with E-state index < -0.39 is 0 Å². The molecule has 2 N–H and O–H groups in total. The molecule has 1 atom stereocenters. The molecule has 0 aliphatic carbocycles. The number of halogens is 1. The highest BCUT2D eigenvalue weighted by atomic mass is 35.5.